The zero-order chi connectivity index (χ0) is 23.2. The molecule has 3 heterocycles. The van der Waals surface area contributed by atoms with Crippen LogP contribution in [0.2, 0.25) is 0 Å². The number of halogens is 2. The second-order valence-corrected chi connectivity index (χ2v) is 9.75. The number of amides is 1. The van der Waals surface area contributed by atoms with E-state index in [9.17, 15) is 4.79 Å². The Hall–Kier alpha value is -2.72. The lowest BCUT2D eigenvalue weighted by Crippen LogP contribution is -2.39. The summed E-state index contributed by atoms with van der Waals surface area (Å²) in [5.41, 5.74) is 17.1. The minimum Gasteiger partial charge on any atom is -0.368 e. The summed E-state index contributed by atoms with van der Waals surface area (Å²) < 4.78 is 0. The molecule has 0 bridgehead atoms. The molecule has 0 saturated carbocycles. The van der Waals surface area contributed by atoms with Crippen LogP contribution >= 0.6 is 24.8 Å². The van der Waals surface area contributed by atoms with Gasteiger partial charge in [-0.1, -0.05) is 26.0 Å². The van der Waals surface area contributed by atoms with Gasteiger partial charge in [0.2, 0.25) is 5.95 Å². The van der Waals surface area contributed by atoms with E-state index in [1.54, 1.807) is 6.20 Å². The Kier molecular flexibility index (Phi) is 8.06. The van der Waals surface area contributed by atoms with Crippen LogP contribution in [-0.4, -0.2) is 50.1 Å². The second kappa shape index (κ2) is 10.5. The van der Waals surface area contributed by atoms with Crippen molar-refractivity contribution >= 4 is 42.4 Å². The number of nitrogens with two attached hydrogens (primary N) is 2. The van der Waals surface area contributed by atoms with Crippen molar-refractivity contribution in [3.63, 3.8) is 0 Å². The van der Waals surface area contributed by atoms with Gasteiger partial charge >= 0.3 is 0 Å². The molecular weight excluding hydrogens is 487 g/mol. The minimum absolute atomic E-state index is 0. The summed E-state index contributed by atoms with van der Waals surface area (Å²) in [5, 5.41) is 10.4. The number of aromatic amines is 1. The molecule has 9 nitrogen and oxygen atoms in total. The van der Waals surface area contributed by atoms with Gasteiger partial charge in [-0.25, -0.2) is 9.97 Å². The molecule has 2 aliphatic rings. The standard InChI is InChI=1S/C24H30N8O.2ClH/c1-24(2)11-15-12-27-23(26)29-19(15)20-18(24)21(31-30-20)22(33)28-17-5-3-14(4-6-17)13-32-9-7-16(25)8-10-32;;/h3-6,12,16H,7-11,13,25H2,1-2H3,(H,28,33)(H,30,31)(H2,26,27,29);2*1H. The first kappa shape index (κ1) is 26.9. The molecule has 1 aromatic carbocycles. The number of aromatic nitrogens is 4. The van der Waals surface area contributed by atoms with Crippen LogP contribution in [0.4, 0.5) is 11.6 Å². The van der Waals surface area contributed by atoms with Gasteiger partial charge in [0.25, 0.3) is 5.91 Å². The Labute approximate surface area is 217 Å². The summed E-state index contributed by atoms with van der Waals surface area (Å²) in [6.07, 6.45) is 4.53. The largest absolute Gasteiger partial charge is 0.368 e. The number of anilines is 2. The zero-order valence-corrected chi connectivity index (χ0v) is 21.5. The topological polar surface area (TPSA) is 139 Å². The molecule has 35 heavy (non-hydrogen) atoms. The van der Waals surface area contributed by atoms with E-state index in [4.69, 9.17) is 11.5 Å². The number of nitrogens with zero attached hydrogens (tertiary/aromatic N) is 4. The van der Waals surface area contributed by atoms with Gasteiger partial charge < -0.3 is 16.8 Å². The summed E-state index contributed by atoms with van der Waals surface area (Å²) in [6.45, 7) is 7.15. The van der Waals surface area contributed by atoms with Crippen LogP contribution in [-0.2, 0) is 18.4 Å². The molecule has 5 rings (SSSR count). The summed E-state index contributed by atoms with van der Waals surface area (Å²) in [7, 11) is 0. The van der Waals surface area contributed by atoms with E-state index < -0.39 is 0 Å². The lowest BCUT2D eigenvalue weighted by molar-refractivity contribution is 0.102. The number of nitrogen functional groups attached to an aromatic ring is 1. The highest BCUT2D eigenvalue weighted by molar-refractivity contribution is 6.05. The van der Waals surface area contributed by atoms with Crippen LogP contribution in [0.1, 0.15) is 53.9 Å². The van der Waals surface area contributed by atoms with E-state index in [0.29, 0.717) is 29.5 Å². The van der Waals surface area contributed by atoms with Crippen molar-refractivity contribution in [3.05, 3.63) is 52.8 Å². The Morgan fingerprint density at radius 3 is 2.54 bits per heavy atom. The van der Waals surface area contributed by atoms with Crippen molar-refractivity contribution in [1.82, 2.24) is 25.1 Å². The predicted molar refractivity (Wildman–Crippen MR) is 142 cm³/mol. The van der Waals surface area contributed by atoms with Crippen LogP contribution in [0.15, 0.2) is 30.5 Å². The van der Waals surface area contributed by atoms with Crippen LogP contribution in [0.3, 0.4) is 0 Å². The summed E-state index contributed by atoms with van der Waals surface area (Å²) in [4.78, 5) is 24.1. The van der Waals surface area contributed by atoms with Gasteiger partial charge in [0.05, 0.1) is 5.69 Å². The fraction of sp³-hybridized carbons (Fsp3) is 0.417. The summed E-state index contributed by atoms with van der Waals surface area (Å²) >= 11 is 0. The highest BCUT2D eigenvalue weighted by Gasteiger charge is 2.38. The van der Waals surface area contributed by atoms with E-state index in [1.165, 1.54) is 5.56 Å². The van der Waals surface area contributed by atoms with Crippen molar-refractivity contribution in [2.75, 3.05) is 24.1 Å². The molecule has 0 atom stereocenters. The van der Waals surface area contributed by atoms with Gasteiger partial charge in [-0.15, -0.1) is 24.8 Å². The maximum atomic E-state index is 13.2. The monoisotopic (exact) mass is 518 g/mol. The number of rotatable bonds is 4. The molecule has 1 aliphatic heterocycles. The number of fused-ring (bicyclic) bond motifs is 3. The Morgan fingerprint density at radius 2 is 1.86 bits per heavy atom. The van der Waals surface area contributed by atoms with Crippen molar-refractivity contribution in [2.45, 2.75) is 51.1 Å². The van der Waals surface area contributed by atoms with E-state index in [2.05, 4.69) is 56.4 Å². The van der Waals surface area contributed by atoms with Crippen LogP contribution in [0.5, 0.6) is 0 Å². The highest BCUT2D eigenvalue weighted by atomic mass is 35.5. The average molecular weight is 519 g/mol. The SMILES string of the molecule is CC1(C)Cc2cnc(N)nc2-c2n[nH]c(C(=O)Nc3ccc(CN4CCC(N)CC4)cc3)c21.Cl.Cl. The van der Waals surface area contributed by atoms with Gasteiger partial charge in [-0.3, -0.25) is 14.8 Å². The second-order valence-electron chi connectivity index (χ2n) is 9.75. The lowest BCUT2D eigenvalue weighted by Gasteiger charge is -2.30. The van der Waals surface area contributed by atoms with Crippen molar-refractivity contribution < 1.29 is 4.79 Å². The molecule has 6 N–H and O–H groups in total. The van der Waals surface area contributed by atoms with Gasteiger partial charge in [-0.2, -0.15) is 5.10 Å². The van der Waals surface area contributed by atoms with Crippen LogP contribution in [0.25, 0.3) is 11.4 Å². The molecule has 0 unspecified atom stereocenters. The molecule has 3 aromatic rings. The lowest BCUT2D eigenvalue weighted by atomic mass is 9.73. The van der Waals surface area contributed by atoms with E-state index in [0.717, 1.165) is 49.3 Å². The third-order valence-electron chi connectivity index (χ3n) is 6.66. The van der Waals surface area contributed by atoms with Crippen LogP contribution in [0, 0.1) is 0 Å². The van der Waals surface area contributed by atoms with E-state index in [-0.39, 0.29) is 42.1 Å². The average Bonchev–Trinajstić information content (AvgIpc) is 3.24. The van der Waals surface area contributed by atoms with Crippen LogP contribution < -0.4 is 16.8 Å². The van der Waals surface area contributed by atoms with Crippen molar-refractivity contribution in [2.24, 2.45) is 5.73 Å². The maximum absolute atomic E-state index is 13.2. The first-order valence-electron chi connectivity index (χ1n) is 11.4. The fourth-order valence-corrected chi connectivity index (χ4v) is 4.91. The molecule has 0 spiro atoms. The van der Waals surface area contributed by atoms with Gasteiger partial charge in [-0.05, 0) is 61.0 Å². The van der Waals surface area contributed by atoms with Gasteiger partial charge in [0, 0.05) is 30.0 Å². The minimum atomic E-state index is -0.303. The number of benzene rings is 1. The zero-order valence-electron chi connectivity index (χ0n) is 19.9. The maximum Gasteiger partial charge on any atom is 0.273 e. The molecule has 0 radical (unpaired) electrons. The normalized spacial score (nSPS) is 16.9. The Balaban J connectivity index is 0.00000171. The number of H-pyrrole nitrogens is 1. The Morgan fingerprint density at radius 1 is 1.17 bits per heavy atom. The third kappa shape index (κ3) is 5.43. The number of carbonyl (C=O) groups is 1. The van der Waals surface area contributed by atoms with Gasteiger partial charge in [0.15, 0.2) is 0 Å². The first-order valence-corrected chi connectivity index (χ1v) is 11.4. The molecular formula is C24H32Cl2N8O. The predicted octanol–water partition coefficient (Wildman–Crippen LogP) is 3.30. The van der Waals surface area contributed by atoms with Crippen molar-refractivity contribution in [3.8, 4) is 11.4 Å². The number of piperidine rings is 1. The number of hydrogen-bond donors (Lipinski definition) is 4. The molecule has 2 aromatic heterocycles. The van der Waals surface area contributed by atoms with E-state index >= 15 is 0 Å². The molecule has 1 aliphatic carbocycles. The molecule has 11 heteroatoms. The smallest absolute Gasteiger partial charge is 0.273 e. The number of nitrogens with one attached hydrogen (secondary N) is 2. The van der Waals surface area contributed by atoms with E-state index in [1.807, 2.05) is 12.1 Å². The number of likely N-dealkylation sites (tertiary alicyclic amines) is 1. The van der Waals surface area contributed by atoms with Crippen molar-refractivity contribution in [1.29, 1.82) is 0 Å². The number of carbonyl (C=O) groups excluding carboxylic acids is 1. The molecule has 1 saturated heterocycles. The number of hydrogen-bond acceptors (Lipinski definition) is 7. The molecule has 1 fully saturated rings. The van der Waals surface area contributed by atoms with Gasteiger partial charge in [0.1, 0.15) is 11.4 Å². The third-order valence-corrected chi connectivity index (χ3v) is 6.66. The first-order chi connectivity index (χ1) is 15.8. The summed E-state index contributed by atoms with van der Waals surface area (Å²) in [5.74, 6) is -0.0269. The highest BCUT2D eigenvalue weighted by Crippen LogP contribution is 2.42. The quantitative estimate of drug-likeness (QED) is 0.415. The molecule has 188 valence electrons. The Bertz CT molecular complexity index is 1190. The summed E-state index contributed by atoms with van der Waals surface area (Å²) in [6, 6.07) is 8.34. The fourth-order valence-electron chi connectivity index (χ4n) is 4.91. The molecule has 1 amide bonds.